The van der Waals surface area contributed by atoms with Gasteiger partial charge in [-0.2, -0.15) is 10.5 Å². The topological polar surface area (TPSA) is 90.0 Å². The van der Waals surface area contributed by atoms with E-state index < -0.39 is 5.41 Å². The standard InChI is InChI=1S/C17H16N4O2/c18-6-11-7-20-8-13-14-5-12(23-15(11)13)9-21(14)16(22)17(10-19)3-1-2-4-17/h7-8,12,14H,1-5,9H2/t12-,14-/m0/s1. The number of pyridine rings is 1. The Morgan fingerprint density at radius 1 is 1.35 bits per heavy atom. The van der Waals surface area contributed by atoms with Crippen molar-refractivity contribution in [3.8, 4) is 17.9 Å². The third kappa shape index (κ3) is 1.91. The maximum atomic E-state index is 13.1. The molecule has 1 aliphatic carbocycles. The van der Waals surface area contributed by atoms with Gasteiger partial charge in [0.05, 0.1) is 18.7 Å². The Bertz CT molecular complexity index is 755. The van der Waals surface area contributed by atoms with Crippen molar-refractivity contribution >= 4 is 5.91 Å². The number of fused-ring (bicyclic) bond motifs is 4. The molecule has 2 aliphatic heterocycles. The van der Waals surface area contributed by atoms with Gasteiger partial charge in [0.2, 0.25) is 5.91 Å². The predicted octanol–water partition coefficient (Wildman–Crippen LogP) is 2.07. The highest BCUT2D eigenvalue weighted by Crippen LogP contribution is 2.48. The van der Waals surface area contributed by atoms with Gasteiger partial charge in [0.25, 0.3) is 0 Å². The molecule has 1 saturated heterocycles. The fourth-order valence-corrected chi connectivity index (χ4v) is 4.11. The van der Waals surface area contributed by atoms with Crippen molar-refractivity contribution < 1.29 is 9.53 Å². The molecule has 0 radical (unpaired) electrons. The highest BCUT2D eigenvalue weighted by molar-refractivity contribution is 5.86. The Labute approximate surface area is 134 Å². The Morgan fingerprint density at radius 3 is 2.83 bits per heavy atom. The molecule has 2 bridgehead atoms. The Kier molecular flexibility index (Phi) is 3.02. The van der Waals surface area contributed by atoms with Crippen LogP contribution in [0, 0.1) is 28.1 Å². The van der Waals surface area contributed by atoms with Crippen LogP contribution < -0.4 is 4.74 Å². The van der Waals surface area contributed by atoms with Crippen LogP contribution in [0.5, 0.6) is 5.75 Å². The summed E-state index contributed by atoms with van der Waals surface area (Å²) in [5, 5.41) is 18.8. The summed E-state index contributed by atoms with van der Waals surface area (Å²) >= 11 is 0. The summed E-state index contributed by atoms with van der Waals surface area (Å²) in [4.78, 5) is 19.0. The molecule has 6 nitrogen and oxygen atoms in total. The molecule has 116 valence electrons. The quantitative estimate of drug-likeness (QED) is 0.792. The van der Waals surface area contributed by atoms with Gasteiger partial charge in [-0.05, 0) is 12.8 Å². The highest BCUT2D eigenvalue weighted by atomic mass is 16.5. The number of carbonyl (C=O) groups is 1. The van der Waals surface area contributed by atoms with Crippen LogP contribution in [0.1, 0.15) is 49.3 Å². The van der Waals surface area contributed by atoms with Crippen LogP contribution in [0.4, 0.5) is 0 Å². The smallest absolute Gasteiger partial charge is 0.243 e. The van der Waals surface area contributed by atoms with Crippen LogP contribution in [0.3, 0.4) is 0 Å². The summed E-state index contributed by atoms with van der Waals surface area (Å²) < 4.78 is 5.92. The Hall–Kier alpha value is -2.60. The lowest BCUT2D eigenvalue weighted by Gasteiger charge is -2.31. The average Bonchev–Trinajstić information content (AvgIpc) is 3.20. The van der Waals surface area contributed by atoms with Gasteiger partial charge in [0.15, 0.2) is 0 Å². The van der Waals surface area contributed by atoms with Crippen molar-refractivity contribution in [3.05, 3.63) is 23.5 Å². The molecule has 6 heteroatoms. The van der Waals surface area contributed by atoms with E-state index in [1.165, 1.54) is 6.20 Å². The number of hydrogen-bond acceptors (Lipinski definition) is 5. The predicted molar refractivity (Wildman–Crippen MR) is 79.0 cm³/mol. The summed E-state index contributed by atoms with van der Waals surface area (Å²) in [5.41, 5.74) is 0.317. The van der Waals surface area contributed by atoms with Gasteiger partial charge < -0.3 is 9.64 Å². The van der Waals surface area contributed by atoms with Crippen LogP contribution in [-0.2, 0) is 4.79 Å². The van der Waals surface area contributed by atoms with Gasteiger partial charge in [-0.25, -0.2) is 0 Å². The normalized spacial score (nSPS) is 26.8. The van der Waals surface area contributed by atoms with E-state index in [4.69, 9.17) is 4.74 Å². The van der Waals surface area contributed by atoms with E-state index in [0.29, 0.717) is 37.1 Å². The number of nitrogens with zero attached hydrogens (tertiary/aromatic N) is 4. The first-order valence-corrected chi connectivity index (χ1v) is 7.95. The molecule has 1 aromatic rings. The minimum Gasteiger partial charge on any atom is -0.487 e. The second-order valence-electron chi connectivity index (χ2n) is 6.57. The zero-order valence-corrected chi connectivity index (χ0v) is 12.7. The fraction of sp³-hybridized carbons (Fsp3) is 0.529. The molecule has 1 aromatic heterocycles. The van der Waals surface area contributed by atoms with Crippen LogP contribution in [0.15, 0.2) is 12.4 Å². The molecule has 4 rings (SSSR count). The Balaban J connectivity index is 1.72. The molecular weight excluding hydrogens is 292 g/mol. The zero-order chi connectivity index (χ0) is 16.0. The van der Waals surface area contributed by atoms with Crippen LogP contribution >= 0.6 is 0 Å². The average molecular weight is 308 g/mol. The maximum Gasteiger partial charge on any atom is 0.243 e. The molecule has 1 amide bonds. The first kappa shape index (κ1) is 14.0. The van der Waals surface area contributed by atoms with Crippen molar-refractivity contribution in [3.63, 3.8) is 0 Å². The first-order valence-electron chi connectivity index (χ1n) is 7.95. The molecule has 0 aromatic carbocycles. The molecule has 1 saturated carbocycles. The third-order valence-electron chi connectivity index (χ3n) is 5.29. The molecule has 0 spiro atoms. The number of carbonyl (C=O) groups excluding carboxylic acids is 1. The molecule has 0 unspecified atom stereocenters. The number of rotatable bonds is 1. The highest BCUT2D eigenvalue weighted by Gasteiger charge is 2.51. The van der Waals surface area contributed by atoms with Gasteiger partial charge in [-0.3, -0.25) is 9.78 Å². The van der Waals surface area contributed by atoms with E-state index in [0.717, 1.165) is 18.4 Å². The van der Waals surface area contributed by atoms with Gasteiger partial charge in [0, 0.05) is 24.4 Å². The lowest BCUT2D eigenvalue weighted by atomic mass is 9.85. The number of nitriles is 2. The lowest BCUT2D eigenvalue weighted by molar-refractivity contribution is -0.139. The van der Waals surface area contributed by atoms with Crippen molar-refractivity contribution in [1.29, 1.82) is 10.5 Å². The molecule has 3 aliphatic rings. The van der Waals surface area contributed by atoms with Crippen LogP contribution in [-0.4, -0.2) is 28.4 Å². The zero-order valence-electron chi connectivity index (χ0n) is 12.7. The van der Waals surface area contributed by atoms with Crippen LogP contribution in [0.2, 0.25) is 0 Å². The van der Waals surface area contributed by atoms with Crippen molar-refractivity contribution in [2.24, 2.45) is 5.41 Å². The minimum atomic E-state index is -0.877. The largest absolute Gasteiger partial charge is 0.487 e. The second kappa shape index (κ2) is 4.96. The fourth-order valence-electron chi connectivity index (χ4n) is 4.11. The monoisotopic (exact) mass is 308 g/mol. The van der Waals surface area contributed by atoms with Gasteiger partial charge in [-0.15, -0.1) is 0 Å². The second-order valence-corrected chi connectivity index (χ2v) is 6.57. The molecule has 2 fully saturated rings. The Morgan fingerprint density at radius 2 is 2.13 bits per heavy atom. The SMILES string of the molecule is N#Cc1cncc2c1O[C@H]1C[C@@H]2N(C(=O)C2(C#N)CCCC2)C1. The van der Waals surface area contributed by atoms with Crippen LogP contribution in [0.25, 0.3) is 0 Å². The van der Waals surface area contributed by atoms with E-state index in [2.05, 4.69) is 17.1 Å². The molecular formula is C17H16N4O2. The van der Waals surface area contributed by atoms with Gasteiger partial charge >= 0.3 is 0 Å². The summed E-state index contributed by atoms with van der Waals surface area (Å²) in [6, 6.07) is 4.24. The lowest BCUT2D eigenvalue weighted by Crippen LogP contribution is -2.41. The number of hydrogen-bond donors (Lipinski definition) is 0. The molecule has 2 atom stereocenters. The maximum absolute atomic E-state index is 13.1. The minimum absolute atomic E-state index is 0.0798. The number of aromatic nitrogens is 1. The van der Waals surface area contributed by atoms with E-state index in [1.807, 2.05) is 0 Å². The van der Waals surface area contributed by atoms with Crippen molar-refractivity contribution in [1.82, 2.24) is 9.88 Å². The molecule has 23 heavy (non-hydrogen) atoms. The molecule has 0 N–H and O–H groups in total. The summed E-state index contributed by atoms with van der Waals surface area (Å²) in [6.45, 7) is 0.479. The van der Waals surface area contributed by atoms with E-state index in [1.54, 1.807) is 11.1 Å². The first-order chi connectivity index (χ1) is 11.2. The van der Waals surface area contributed by atoms with Crippen molar-refractivity contribution in [2.45, 2.75) is 44.2 Å². The summed E-state index contributed by atoms with van der Waals surface area (Å²) in [6.07, 6.45) is 6.89. The summed E-state index contributed by atoms with van der Waals surface area (Å²) in [7, 11) is 0. The van der Waals surface area contributed by atoms with E-state index in [9.17, 15) is 15.3 Å². The van der Waals surface area contributed by atoms with E-state index in [-0.39, 0.29) is 18.1 Å². The molecule has 3 heterocycles. The number of likely N-dealkylation sites (tertiary alicyclic amines) is 1. The third-order valence-corrected chi connectivity index (χ3v) is 5.29. The number of ether oxygens (including phenoxy) is 1. The summed E-state index contributed by atoms with van der Waals surface area (Å²) in [5.74, 6) is 0.472. The van der Waals surface area contributed by atoms with Crippen molar-refractivity contribution in [2.75, 3.05) is 6.54 Å². The van der Waals surface area contributed by atoms with Gasteiger partial charge in [-0.1, -0.05) is 12.8 Å². The van der Waals surface area contributed by atoms with E-state index >= 15 is 0 Å². The number of amides is 1. The van der Waals surface area contributed by atoms with Gasteiger partial charge in [0.1, 0.15) is 28.9 Å².